The van der Waals surface area contributed by atoms with Crippen molar-refractivity contribution in [2.75, 3.05) is 0 Å². The van der Waals surface area contributed by atoms with Gasteiger partial charge in [0.25, 0.3) is 0 Å². The Balaban J connectivity index is 1.72. The lowest BCUT2D eigenvalue weighted by Crippen LogP contribution is -2.59. The lowest BCUT2D eigenvalue weighted by molar-refractivity contribution is -0.0740. The molecule has 0 saturated heterocycles. The maximum absolute atomic E-state index is 11.8. The van der Waals surface area contributed by atoms with Gasteiger partial charge in [-0.3, -0.25) is 0 Å². The van der Waals surface area contributed by atoms with Crippen molar-refractivity contribution in [2.45, 2.75) is 175 Å². The van der Waals surface area contributed by atoms with Crippen molar-refractivity contribution in [3.8, 4) is 11.8 Å². The van der Waals surface area contributed by atoms with Gasteiger partial charge < -0.3 is 19.1 Å². The normalized spacial score (nSPS) is 36.6. The third-order valence-electron chi connectivity index (χ3n) is 13.6. The maximum Gasteiger partial charge on any atom is 0.192 e. The fourth-order valence-electron chi connectivity index (χ4n) is 8.73. The van der Waals surface area contributed by atoms with Crippen LogP contribution in [-0.2, 0) is 8.85 Å². The van der Waals surface area contributed by atoms with Crippen LogP contribution in [0.25, 0.3) is 0 Å². The number of hydrogen-bond acceptors (Lipinski definition) is 4. The Morgan fingerprint density at radius 3 is 2.11 bits per heavy atom. The molecule has 0 spiro atoms. The van der Waals surface area contributed by atoms with Gasteiger partial charge in [-0.05, 0) is 99.5 Å². The second-order valence-electron chi connectivity index (χ2n) is 19.5. The molecule has 4 nitrogen and oxygen atoms in total. The van der Waals surface area contributed by atoms with Crippen LogP contribution < -0.4 is 0 Å². The summed E-state index contributed by atoms with van der Waals surface area (Å²) in [5, 5.41) is 22.4. The van der Waals surface area contributed by atoms with E-state index in [0.29, 0.717) is 24.4 Å². The molecule has 256 valence electrons. The van der Waals surface area contributed by atoms with Gasteiger partial charge in [-0.15, -0.1) is 5.92 Å². The Hall–Kier alpha value is -0.686. The molecule has 0 aromatic rings. The van der Waals surface area contributed by atoms with E-state index in [1.807, 2.05) is 0 Å². The molecule has 0 amide bonds. The zero-order valence-corrected chi connectivity index (χ0v) is 33.6. The number of fused-ring (bicyclic) bond motifs is 5. The first-order chi connectivity index (χ1) is 20.2. The number of allylic oxidation sites excluding steroid dienone is 1. The van der Waals surface area contributed by atoms with Crippen LogP contribution in [0.3, 0.4) is 0 Å². The molecule has 4 rings (SSSR count). The fourth-order valence-corrected chi connectivity index (χ4v) is 11.5. The Morgan fingerprint density at radius 2 is 1.56 bits per heavy atom. The summed E-state index contributed by atoms with van der Waals surface area (Å²) in [6, 6.07) is 0. The lowest BCUT2D eigenvalue weighted by atomic mass is 9.47. The minimum Gasteiger partial charge on any atom is -0.414 e. The zero-order chi connectivity index (χ0) is 34.2. The summed E-state index contributed by atoms with van der Waals surface area (Å²) in [5.41, 5.74) is 2.04. The van der Waals surface area contributed by atoms with Crippen LogP contribution >= 0.6 is 0 Å². The highest BCUT2D eigenvalue weighted by Gasteiger charge is 2.63. The molecule has 1 unspecified atom stereocenters. The predicted molar refractivity (Wildman–Crippen MR) is 194 cm³/mol. The number of rotatable bonds is 6. The summed E-state index contributed by atoms with van der Waals surface area (Å²) >= 11 is 0. The first-order valence-corrected chi connectivity index (χ1v) is 23.7. The minimum absolute atomic E-state index is 0.0172. The third-order valence-corrected chi connectivity index (χ3v) is 22.6. The van der Waals surface area contributed by atoms with Crippen molar-refractivity contribution in [3.63, 3.8) is 0 Å². The van der Waals surface area contributed by atoms with Crippen molar-refractivity contribution in [2.24, 2.45) is 34.5 Å². The van der Waals surface area contributed by atoms with E-state index >= 15 is 0 Å². The molecule has 0 bridgehead atoms. The predicted octanol–water partition coefficient (Wildman–Crippen LogP) is 9.65. The van der Waals surface area contributed by atoms with Crippen molar-refractivity contribution >= 4 is 16.6 Å². The Bertz CT molecular complexity index is 1230. The highest BCUT2D eigenvalue weighted by molar-refractivity contribution is 6.74. The number of aliphatic hydroxyl groups is 2. The summed E-state index contributed by atoms with van der Waals surface area (Å²) in [6.07, 6.45) is 10.4. The molecule has 45 heavy (non-hydrogen) atoms. The van der Waals surface area contributed by atoms with E-state index in [9.17, 15) is 10.2 Å². The Morgan fingerprint density at radius 1 is 0.978 bits per heavy atom. The average Bonchev–Trinajstić information content (AvgIpc) is 3.13. The molecule has 2 saturated carbocycles. The molecule has 0 radical (unpaired) electrons. The van der Waals surface area contributed by atoms with E-state index in [-0.39, 0.29) is 38.8 Å². The van der Waals surface area contributed by atoms with E-state index in [1.54, 1.807) is 19.4 Å². The van der Waals surface area contributed by atoms with Crippen molar-refractivity contribution in [1.82, 2.24) is 0 Å². The zero-order valence-electron chi connectivity index (χ0n) is 31.6. The molecule has 6 heteroatoms. The molecule has 0 heterocycles. The van der Waals surface area contributed by atoms with E-state index in [2.05, 4.69) is 112 Å². The molecule has 0 aromatic heterocycles. The fraction of sp³-hybridized carbons (Fsp3) is 0.846. The lowest BCUT2D eigenvalue weighted by Gasteiger charge is -2.60. The van der Waals surface area contributed by atoms with E-state index in [4.69, 9.17) is 8.85 Å². The molecular formula is C39H68O4Si2. The molecule has 4 aliphatic carbocycles. The third kappa shape index (κ3) is 6.93. The van der Waals surface area contributed by atoms with Crippen LogP contribution in [0, 0.1) is 46.3 Å². The molecule has 0 aromatic carbocycles. The van der Waals surface area contributed by atoms with Crippen LogP contribution in [0.1, 0.15) is 115 Å². The smallest absolute Gasteiger partial charge is 0.192 e. The highest BCUT2D eigenvalue weighted by Crippen LogP contribution is 2.66. The molecule has 2 N–H and O–H groups in total. The van der Waals surface area contributed by atoms with Crippen molar-refractivity contribution in [1.29, 1.82) is 0 Å². The van der Waals surface area contributed by atoms with Gasteiger partial charge in [0.1, 0.15) is 0 Å². The van der Waals surface area contributed by atoms with Gasteiger partial charge in [0, 0.05) is 29.8 Å². The first kappa shape index (κ1) is 37.1. The van der Waals surface area contributed by atoms with Crippen molar-refractivity contribution in [3.05, 3.63) is 23.3 Å². The highest BCUT2D eigenvalue weighted by atomic mass is 28.4. The van der Waals surface area contributed by atoms with E-state index in [0.717, 1.165) is 32.1 Å². The van der Waals surface area contributed by atoms with Gasteiger partial charge in [-0.25, -0.2) is 0 Å². The van der Waals surface area contributed by atoms with Gasteiger partial charge in [0.2, 0.25) is 0 Å². The van der Waals surface area contributed by atoms with Gasteiger partial charge in [0.15, 0.2) is 16.6 Å². The second kappa shape index (κ2) is 12.0. The Kier molecular flexibility index (Phi) is 9.92. The summed E-state index contributed by atoms with van der Waals surface area (Å²) in [7, 11) is -3.97. The van der Waals surface area contributed by atoms with Gasteiger partial charge in [-0.2, -0.15) is 0 Å². The van der Waals surface area contributed by atoms with Crippen LogP contribution in [0.15, 0.2) is 23.3 Å². The largest absolute Gasteiger partial charge is 0.414 e. The van der Waals surface area contributed by atoms with Crippen LogP contribution in [-0.4, -0.2) is 50.8 Å². The topological polar surface area (TPSA) is 58.9 Å². The molecule has 4 aliphatic rings. The van der Waals surface area contributed by atoms with E-state index < -0.39 is 28.3 Å². The molecule has 9 atom stereocenters. The minimum atomic E-state index is -2.12. The van der Waals surface area contributed by atoms with Crippen molar-refractivity contribution < 1.29 is 19.1 Å². The van der Waals surface area contributed by atoms with Gasteiger partial charge in [-0.1, -0.05) is 91.5 Å². The summed E-state index contributed by atoms with van der Waals surface area (Å²) in [4.78, 5) is 0. The Labute approximate surface area is 279 Å². The summed E-state index contributed by atoms with van der Waals surface area (Å²) in [5.74, 6) is 7.59. The van der Waals surface area contributed by atoms with Gasteiger partial charge in [0.05, 0.1) is 17.8 Å². The first-order valence-electron chi connectivity index (χ1n) is 17.9. The second-order valence-corrected chi connectivity index (χ2v) is 29.0. The summed E-state index contributed by atoms with van der Waals surface area (Å²) < 4.78 is 14.5. The monoisotopic (exact) mass is 656 g/mol. The average molecular weight is 657 g/mol. The number of hydrogen-bond donors (Lipinski definition) is 2. The van der Waals surface area contributed by atoms with Gasteiger partial charge >= 0.3 is 0 Å². The summed E-state index contributed by atoms with van der Waals surface area (Å²) in [6.45, 7) is 34.3. The molecular weight excluding hydrogens is 589 g/mol. The standard InChI is InChI=1S/C39H68O4Si2/c1-26(17-16-21-37(8,9)41)34-32(40)24-31-29-19-18-27-23-28(42-44(12,13)35(2,3)4)20-22-38(27,10)30(29)25-33(39(31,34)11)43-45(14,15)36(5,6)7/h18,24,26,28-30,32-34,40-41H,19-23,25H2,1-15H3/t26?,28-,29+,30-,32-,33+,34-,38-,39+/m0/s1. The number of aliphatic hydroxyl groups excluding tert-OH is 1. The van der Waals surface area contributed by atoms with Crippen LogP contribution in [0.2, 0.25) is 36.3 Å². The van der Waals surface area contributed by atoms with E-state index in [1.165, 1.54) is 5.57 Å². The molecule has 0 aliphatic heterocycles. The maximum atomic E-state index is 11.8. The van der Waals surface area contributed by atoms with Crippen LogP contribution in [0.4, 0.5) is 0 Å². The quantitative estimate of drug-likeness (QED) is 0.170. The SMILES string of the molecule is CC(C#CCC(C)(C)O)[C@H]1[C@@H](O)C=C2[C@@H]3CC=C4C[C@@H](O[Si](C)(C)C(C)(C)C)CC[C@]4(C)[C@H]3C[C@@H](O[Si](C)(C)C(C)(C)C)[C@@]21C. The van der Waals surface area contributed by atoms with Crippen LogP contribution in [0.5, 0.6) is 0 Å². The molecule has 2 fully saturated rings.